The van der Waals surface area contributed by atoms with Crippen LogP contribution >= 0.6 is 11.6 Å². The van der Waals surface area contributed by atoms with E-state index in [1.165, 1.54) is 4.57 Å². The second-order valence-corrected chi connectivity index (χ2v) is 5.94. The fourth-order valence-electron chi connectivity index (χ4n) is 2.21. The van der Waals surface area contributed by atoms with Crippen molar-refractivity contribution < 1.29 is 4.79 Å². The molecule has 1 aliphatic carbocycles. The molecule has 6 nitrogen and oxygen atoms in total. The molecule has 1 saturated carbocycles. The lowest BCUT2D eigenvalue weighted by Gasteiger charge is -2.09. The monoisotopic (exact) mass is 332 g/mol. The lowest BCUT2D eigenvalue weighted by atomic mass is 10.3. The van der Waals surface area contributed by atoms with Gasteiger partial charge in [0, 0.05) is 35.8 Å². The van der Waals surface area contributed by atoms with Gasteiger partial charge in [-0.2, -0.15) is 0 Å². The molecule has 1 aliphatic rings. The summed E-state index contributed by atoms with van der Waals surface area (Å²) in [4.78, 5) is 28.0. The van der Waals surface area contributed by atoms with Crippen LogP contribution in [0.5, 0.6) is 0 Å². The van der Waals surface area contributed by atoms with Gasteiger partial charge in [0.25, 0.3) is 5.56 Å². The van der Waals surface area contributed by atoms with E-state index < -0.39 is 0 Å². The highest BCUT2D eigenvalue weighted by molar-refractivity contribution is 6.30. The SMILES string of the molecule is O=C(NCCn1cnc(C2CC2)cc1=O)Nc1ccc(Cl)cc1. The molecule has 0 spiro atoms. The van der Waals surface area contributed by atoms with Gasteiger partial charge in [-0.05, 0) is 37.1 Å². The smallest absolute Gasteiger partial charge is 0.319 e. The third-order valence-corrected chi connectivity index (χ3v) is 3.89. The van der Waals surface area contributed by atoms with E-state index in [-0.39, 0.29) is 11.6 Å². The van der Waals surface area contributed by atoms with Crippen molar-refractivity contribution in [2.45, 2.75) is 25.3 Å². The highest BCUT2D eigenvalue weighted by Gasteiger charge is 2.25. The van der Waals surface area contributed by atoms with Gasteiger partial charge < -0.3 is 10.6 Å². The fourth-order valence-corrected chi connectivity index (χ4v) is 2.33. The largest absolute Gasteiger partial charge is 0.336 e. The first-order chi connectivity index (χ1) is 11.1. The van der Waals surface area contributed by atoms with Crippen LogP contribution in [-0.4, -0.2) is 22.1 Å². The van der Waals surface area contributed by atoms with E-state index in [0.29, 0.717) is 29.7 Å². The predicted octanol–water partition coefficient (Wildman–Crippen LogP) is 2.60. The van der Waals surface area contributed by atoms with Crippen molar-refractivity contribution in [2.24, 2.45) is 0 Å². The van der Waals surface area contributed by atoms with Crippen LogP contribution in [0.3, 0.4) is 0 Å². The van der Waals surface area contributed by atoms with E-state index in [1.54, 1.807) is 36.7 Å². The van der Waals surface area contributed by atoms with Crippen LogP contribution in [0.15, 0.2) is 41.5 Å². The zero-order chi connectivity index (χ0) is 16.2. The standard InChI is InChI=1S/C16H17ClN4O2/c17-12-3-5-13(6-4-12)20-16(23)18-7-8-21-10-19-14(9-15(21)22)11-1-2-11/h3-6,9-11H,1-2,7-8H2,(H2,18,20,23). The third-order valence-electron chi connectivity index (χ3n) is 3.64. The maximum atomic E-state index is 12.0. The Morgan fingerprint density at radius 1 is 1.30 bits per heavy atom. The summed E-state index contributed by atoms with van der Waals surface area (Å²) >= 11 is 5.78. The molecule has 0 saturated heterocycles. The molecule has 2 amide bonds. The lowest BCUT2D eigenvalue weighted by Crippen LogP contribution is -2.33. The van der Waals surface area contributed by atoms with Crippen LogP contribution in [0, 0.1) is 0 Å². The maximum Gasteiger partial charge on any atom is 0.319 e. The van der Waals surface area contributed by atoms with Crippen LogP contribution in [0.1, 0.15) is 24.5 Å². The molecule has 0 radical (unpaired) electrons. The summed E-state index contributed by atoms with van der Waals surface area (Å²) < 4.78 is 1.49. The van der Waals surface area contributed by atoms with Gasteiger partial charge in [0.1, 0.15) is 0 Å². The molecule has 0 bridgehead atoms. The van der Waals surface area contributed by atoms with Gasteiger partial charge in [0.2, 0.25) is 0 Å². The molecule has 0 atom stereocenters. The highest BCUT2D eigenvalue weighted by atomic mass is 35.5. The Morgan fingerprint density at radius 2 is 2.04 bits per heavy atom. The van der Waals surface area contributed by atoms with Gasteiger partial charge in [-0.15, -0.1) is 0 Å². The quantitative estimate of drug-likeness (QED) is 0.883. The molecule has 1 aromatic heterocycles. The molecule has 120 valence electrons. The summed E-state index contributed by atoms with van der Waals surface area (Å²) in [5.41, 5.74) is 1.45. The van der Waals surface area contributed by atoms with Crippen molar-refractivity contribution in [3.63, 3.8) is 0 Å². The fraction of sp³-hybridized carbons (Fsp3) is 0.312. The molecular formula is C16H17ClN4O2. The van der Waals surface area contributed by atoms with Crippen molar-refractivity contribution in [3.8, 4) is 0 Å². The predicted molar refractivity (Wildman–Crippen MR) is 88.9 cm³/mol. The van der Waals surface area contributed by atoms with E-state index in [4.69, 9.17) is 11.6 Å². The van der Waals surface area contributed by atoms with Gasteiger partial charge in [-0.25, -0.2) is 9.78 Å². The number of carbonyl (C=O) groups excluding carboxylic acids is 1. The average molecular weight is 333 g/mol. The molecule has 0 unspecified atom stereocenters. The minimum atomic E-state index is -0.331. The number of rotatable bonds is 5. The van der Waals surface area contributed by atoms with Crippen molar-refractivity contribution in [2.75, 3.05) is 11.9 Å². The Morgan fingerprint density at radius 3 is 2.70 bits per heavy atom. The molecule has 2 aromatic rings. The molecule has 23 heavy (non-hydrogen) atoms. The minimum absolute atomic E-state index is 0.0817. The van der Waals surface area contributed by atoms with Crippen molar-refractivity contribution >= 4 is 23.3 Å². The average Bonchev–Trinajstić information content (AvgIpc) is 3.36. The Bertz CT molecular complexity index is 753. The number of urea groups is 1. The van der Waals surface area contributed by atoms with E-state index in [1.807, 2.05) is 0 Å². The molecule has 2 N–H and O–H groups in total. The van der Waals surface area contributed by atoms with Gasteiger partial charge in [-0.1, -0.05) is 11.6 Å². The van der Waals surface area contributed by atoms with Crippen LogP contribution in [0.25, 0.3) is 0 Å². The molecule has 1 heterocycles. The summed E-state index contributed by atoms with van der Waals surface area (Å²) in [6.07, 6.45) is 3.78. The van der Waals surface area contributed by atoms with Crippen molar-refractivity contribution in [1.29, 1.82) is 0 Å². The third kappa shape index (κ3) is 4.32. The summed E-state index contributed by atoms with van der Waals surface area (Å²) in [5, 5.41) is 6.00. The van der Waals surface area contributed by atoms with Crippen molar-refractivity contribution in [3.05, 3.63) is 57.7 Å². The molecule has 1 aromatic carbocycles. The lowest BCUT2D eigenvalue weighted by molar-refractivity contribution is 0.251. The summed E-state index contributed by atoms with van der Waals surface area (Å²) in [7, 11) is 0. The van der Waals surface area contributed by atoms with Crippen LogP contribution in [0.4, 0.5) is 10.5 Å². The highest BCUT2D eigenvalue weighted by Crippen LogP contribution is 2.38. The maximum absolute atomic E-state index is 12.0. The molecule has 7 heteroatoms. The normalized spacial score (nSPS) is 13.6. The Hall–Kier alpha value is -2.34. The summed E-state index contributed by atoms with van der Waals surface area (Å²) in [5.74, 6) is 0.459. The van der Waals surface area contributed by atoms with Gasteiger partial charge in [0.15, 0.2) is 0 Å². The van der Waals surface area contributed by atoms with Crippen molar-refractivity contribution in [1.82, 2.24) is 14.9 Å². The number of halogens is 1. The van der Waals surface area contributed by atoms with Gasteiger partial charge >= 0.3 is 6.03 Å². The number of anilines is 1. The summed E-state index contributed by atoms with van der Waals surface area (Å²) in [6, 6.07) is 8.09. The molecular weight excluding hydrogens is 316 g/mol. The first-order valence-electron chi connectivity index (χ1n) is 7.48. The Kier molecular flexibility index (Phi) is 4.62. The molecule has 1 fully saturated rings. The van der Waals surface area contributed by atoms with E-state index in [2.05, 4.69) is 15.6 Å². The number of nitrogens with zero attached hydrogens (tertiary/aromatic N) is 2. The minimum Gasteiger partial charge on any atom is -0.336 e. The first-order valence-corrected chi connectivity index (χ1v) is 7.86. The van der Waals surface area contributed by atoms with Gasteiger partial charge in [-0.3, -0.25) is 9.36 Å². The zero-order valence-electron chi connectivity index (χ0n) is 12.5. The van der Waals surface area contributed by atoms with E-state index in [0.717, 1.165) is 18.5 Å². The molecule has 0 aliphatic heterocycles. The van der Waals surface area contributed by atoms with E-state index in [9.17, 15) is 9.59 Å². The number of hydrogen-bond acceptors (Lipinski definition) is 3. The van der Waals surface area contributed by atoms with E-state index >= 15 is 0 Å². The number of aromatic nitrogens is 2. The topological polar surface area (TPSA) is 76.0 Å². The first kappa shape index (κ1) is 15.6. The second kappa shape index (κ2) is 6.83. The molecule has 3 rings (SSSR count). The number of benzene rings is 1. The van der Waals surface area contributed by atoms with Gasteiger partial charge in [0.05, 0.1) is 12.0 Å². The Balaban J connectivity index is 1.48. The number of carbonyl (C=O) groups is 1. The number of hydrogen-bond donors (Lipinski definition) is 2. The van der Waals surface area contributed by atoms with Crippen LogP contribution in [0.2, 0.25) is 5.02 Å². The number of nitrogens with one attached hydrogen (secondary N) is 2. The Labute approximate surface area is 138 Å². The zero-order valence-corrected chi connectivity index (χ0v) is 13.2. The summed E-state index contributed by atoms with van der Waals surface area (Å²) in [6.45, 7) is 0.717. The number of amides is 2. The van der Waals surface area contributed by atoms with Crippen LogP contribution < -0.4 is 16.2 Å². The van der Waals surface area contributed by atoms with Crippen LogP contribution in [-0.2, 0) is 6.54 Å². The second-order valence-electron chi connectivity index (χ2n) is 5.51.